The molecule has 3 nitrogen and oxygen atoms in total. The maximum atomic E-state index is 10.0. The number of hydrogen-bond acceptors (Lipinski definition) is 2. The summed E-state index contributed by atoms with van der Waals surface area (Å²) in [6.07, 6.45) is 0. The first-order valence-electron chi connectivity index (χ1n) is 1.68. The van der Waals surface area contributed by atoms with Crippen molar-refractivity contribution in [1.82, 2.24) is 10.3 Å². The Bertz CT molecular complexity index is 83.6. The number of nitrogens with one attached hydrogen (secondary N) is 1. The van der Waals surface area contributed by atoms with Crippen molar-refractivity contribution >= 4 is 13.2 Å². The van der Waals surface area contributed by atoms with E-state index in [0.29, 0.717) is 0 Å². The Morgan fingerprint density at radius 2 is 2.50 bits per heavy atom. The summed E-state index contributed by atoms with van der Waals surface area (Å²) in [4.78, 5) is 10.0. The van der Waals surface area contributed by atoms with Crippen LogP contribution in [0.2, 0.25) is 0 Å². The molecular formula is C2H4BN2O. The van der Waals surface area contributed by atoms with Gasteiger partial charge in [-0.05, 0) is 0 Å². The smallest absolute Gasteiger partial charge is 0.300 e. The summed E-state index contributed by atoms with van der Waals surface area (Å²) in [5, 5.41) is 4.02. The van der Waals surface area contributed by atoms with Gasteiger partial charge >= 0.3 is 7.41 Å². The van der Waals surface area contributed by atoms with Crippen molar-refractivity contribution in [3.05, 3.63) is 0 Å². The number of hydrogen-bond donors (Lipinski definition) is 1. The summed E-state index contributed by atoms with van der Waals surface area (Å²) in [7, 11) is 3.07. The van der Waals surface area contributed by atoms with Crippen molar-refractivity contribution in [2.24, 2.45) is 0 Å². The Morgan fingerprint density at radius 3 is 2.50 bits per heavy atom. The van der Waals surface area contributed by atoms with Crippen molar-refractivity contribution in [2.45, 2.75) is 0 Å². The van der Waals surface area contributed by atoms with Crippen LogP contribution in [0.4, 0.5) is 4.79 Å². The van der Waals surface area contributed by atoms with Crippen LogP contribution in [0.5, 0.6) is 0 Å². The second-order valence-corrected chi connectivity index (χ2v) is 1.17. The van der Waals surface area contributed by atoms with Crippen molar-refractivity contribution in [3.8, 4) is 0 Å². The quantitative estimate of drug-likeness (QED) is 0.388. The van der Waals surface area contributed by atoms with Crippen LogP contribution in [0.15, 0.2) is 0 Å². The normalized spacial score (nSPS) is 19.5. The molecular weight excluding hydrogens is 78.8 g/mol. The Balaban J connectivity index is 2.39. The molecule has 31 valence electrons. The van der Waals surface area contributed by atoms with Crippen LogP contribution in [-0.2, 0) is 0 Å². The maximum Gasteiger partial charge on any atom is 0.350 e. The molecule has 4 heteroatoms. The fourth-order valence-electron chi connectivity index (χ4n) is 0.246. The van der Waals surface area contributed by atoms with Crippen molar-refractivity contribution in [3.63, 3.8) is 0 Å². The van der Waals surface area contributed by atoms with Gasteiger partial charge in [-0.25, -0.2) is 0 Å². The number of carbonyl (C=O) groups is 1. The van der Waals surface area contributed by atoms with Gasteiger partial charge in [0.15, 0.2) is 0 Å². The van der Waals surface area contributed by atoms with Crippen LogP contribution < -0.4 is 5.34 Å². The molecule has 1 amide bonds. The van der Waals surface area contributed by atoms with Gasteiger partial charge in [0.1, 0.15) is 0 Å². The number of hydrazine groups is 1. The lowest BCUT2D eigenvalue weighted by atomic mass is 9.89. The summed E-state index contributed by atoms with van der Waals surface area (Å²) in [6.45, 7) is 0. The summed E-state index contributed by atoms with van der Waals surface area (Å²) in [5.41, 5.74) is 0. The van der Waals surface area contributed by atoms with E-state index in [1.54, 1.807) is 7.05 Å². The van der Waals surface area contributed by atoms with Crippen LogP contribution in [0, 0.1) is 0 Å². The third kappa shape index (κ3) is 0.301. The minimum Gasteiger partial charge on any atom is -0.300 e. The number of amides is 1. The van der Waals surface area contributed by atoms with E-state index in [-0.39, 0.29) is 5.81 Å². The second kappa shape index (κ2) is 0.977. The molecule has 6 heavy (non-hydrogen) atoms. The molecule has 1 N–H and O–H groups in total. The van der Waals surface area contributed by atoms with Crippen molar-refractivity contribution in [2.75, 3.05) is 7.05 Å². The van der Waals surface area contributed by atoms with E-state index in [2.05, 4.69) is 5.34 Å². The summed E-state index contributed by atoms with van der Waals surface area (Å²) in [5.74, 6) is 0.0370. The van der Waals surface area contributed by atoms with Gasteiger partial charge in [0.2, 0.25) is 5.81 Å². The molecule has 0 aliphatic carbocycles. The van der Waals surface area contributed by atoms with Crippen LogP contribution in [0.25, 0.3) is 0 Å². The van der Waals surface area contributed by atoms with Crippen LogP contribution in [-0.4, -0.2) is 25.3 Å². The molecule has 1 fully saturated rings. The highest BCUT2D eigenvalue weighted by molar-refractivity contribution is 6.75. The predicted octanol–water partition coefficient (Wildman–Crippen LogP) is -0.824. The first-order valence-corrected chi connectivity index (χ1v) is 1.68. The molecule has 0 saturated carbocycles. The topological polar surface area (TPSA) is 32.3 Å². The monoisotopic (exact) mass is 83.0 g/mol. The largest absolute Gasteiger partial charge is 0.350 e. The van der Waals surface area contributed by atoms with E-state index in [0.717, 1.165) is 0 Å². The molecule has 1 aliphatic heterocycles. The lowest BCUT2D eigenvalue weighted by Gasteiger charge is -2.25. The second-order valence-electron chi connectivity index (χ2n) is 1.17. The molecule has 0 atom stereocenters. The molecule has 1 radical (unpaired) electrons. The summed E-state index contributed by atoms with van der Waals surface area (Å²) >= 11 is 0. The zero-order valence-electron chi connectivity index (χ0n) is 3.43. The molecule has 0 aromatic carbocycles. The fourth-order valence-corrected chi connectivity index (χ4v) is 0.246. The molecule has 1 heterocycles. The highest BCUT2D eigenvalue weighted by Crippen LogP contribution is 1.85. The fraction of sp³-hybridized carbons (Fsp3) is 0.500. The first-order chi connectivity index (χ1) is 2.80. The summed E-state index contributed by atoms with van der Waals surface area (Å²) in [6, 6.07) is 0. The van der Waals surface area contributed by atoms with Gasteiger partial charge in [0, 0.05) is 7.05 Å². The van der Waals surface area contributed by atoms with Gasteiger partial charge in [-0.15, -0.1) is 0 Å². The third-order valence-corrected chi connectivity index (χ3v) is 0.712. The zero-order chi connectivity index (χ0) is 4.57. The first kappa shape index (κ1) is 3.68. The SMILES string of the molecule is CN1N[B]C1=O. The lowest BCUT2D eigenvalue weighted by Crippen LogP contribution is -2.58. The average molecular weight is 82.9 g/mol. The number of rotatable bonds is 0. The molecule has 1 aliphatic rings. The Hall–Kier alpha value is -0.505. The van der Waals surface area contributed by atoms with Gasteiger partial charge in [-0.3, -0.25) is 15.1 Å². The number of nitrogens with zero attached hydrogens (tertiary/aromatic N) is 1. The minimum atomic E-state index is 0.0370. The summed E-state index contributed by atoms with van der Waals surface area (Å²) < 4.78 is 0. The van der Waals surface area contributed by atoms with Crippen molar-refractivity contribution < 1.29 is 4.79 Å². The number of carbonyl (C=O) groups excluding carboxylic acids is 1. The van der Waals surface area contributed by atoms with E-state index in [1.807, 2.05) is 0 Å². The molecule has 0 spiro atoms. The van der Waals surface area contributed by atoms with E-state index in [4.69, 9.17) is 0 Å². The Labute approximate surface area is 36.5 Å². The zero-order valence-corrected chi connectivity index (χ0v) is 3.43. The highest BCUT2D eigenvalue weighted by Gasteiger charge is 2.19. The van der Waals surface area contributed by atoms with E-state index >= 15 is 0 Å². The molecule has 0 bridgehead atoms. The maximum absolute atomic E-state index is 10.0. The van der Waals surface area contributed by atoms with Crippen LogP contribution in [0.3, 0.4) is 0 Å². The van der Waals surface area contributed by atoms with Gasteiger partial charge in [0.05, 0.1) is 0 Å². The van der Waals surface area contributed by atoms with E-state index in [9.17, 15) is 4.79 Å². The molecule has 1 saturated heterocycles. The van der Waals surface area contributed by atoms with Gasteiger partial charge in [-0.2, -0.15) is 0 Å². The van der Waals surface area contributed by atoms with E-state index < -0.39 is 0 Å². The Morgan fingerprint density at radius 1 is 2.00 bits per heavy atom. The lowest BCUT2D eigenvalue weighted by molar-refractivity contribution is 0.211. The van der Waals surface area contributed by atoms with Crippen LogP contribution >= 0.6 is 0 Å². The predicted molar refractivity (Wildman–Crippen MR) is 22.0 cm³/mol. The van der Waals surface area contributed by atoms with Gasteiger partial charge in [0.25, 0.3) is 0 Å². The highest BCUT2D eigenvalue weighted by atomic mass is 16.2. The Kier molecular flexibility index (Phi) is 0.599. The van der Waals surface area contributed by atoms with Crippen LogP contribution in [0.1, 0.15) is 0 Å². The molecule has 0 unspecified atom stereocenters. The van der Waals surface area contributed by atoms with E-state index in [1.165, 1.54) is 12.4 Å². The third-order valence-electron chi connectivity index (χ3n) is 0.712. The molecule has 0 aromatic heterocycles. The molecule has 0 aromatic rings. The van der Waals surface area contributed by atoms with Gasteiger partial charge < -0.3 is 0 Å². The minimum absolute atomic E-state index is 0.0370. The molecule has 1 rings (SSSR count). The average Bonchev–Trinajstić information content (AvgIpc) is 1.61. The standard InChI is InChI=1S/C2H4BN2O/c1-5-2(6)3-4-5/h4H,1H3. The van der Waals surface area contributed by atoms with Crippen molar-refractivity contribution in [1.29, 1.82) is 0 Å². The van der Waals surface area contributed by atoms with Gasteiger partial charge in [-0.1, -0.05) is 0 Å².